The van der Waals surface area contributed by atoms with Crippen molar-refractivity contribution < 1.29 is 38.2 Å². The van der Waals surface area contributed by atoms with Gasteiger partial charge in [0.2, 0.25) is 5.91 Å². The highest BCUT2D eigenvalue weighted by Gasteiger charge is 2.68. The van der Waals surface area contributed by atoms with Gasteiger partial charge in [0.15, 0.2) is 0 Å². The van der Waals surface area contributed by atoms with Gasteiger partial charge in [0.25, 0.3) is 0 Å². The minimum Gasteiger partial charge on any atom is -0.466 e. The number of fused-ring (bicyclic) bond motifs is 5. The number of hydrogen-bond acceptors (Lipinski definition) is 8. The zero-order valence-corrected chi connectivity index (χ0v) is 27.3. The number of hydrogen-bond donors (Lipinski definition) is 0. The molecule has 3 aromatic rings. The van der Waals surface area contributed by atoms with Crippen LogP contribution in [0.4, 0.5) is 15.3 Å². The summed E-state index contributed by atoms with van der Waals surface area (Å²) >= 11 is 0. The van der Waals surface area contributed by atoms with Crippen LogP contribution in [0.5, 0.6) is 0 Å². The van der Waals surface area contributed by atoms with Crippen molar-refractivity contribution in [1.29, 1.82) is 0 Å². The number of rotatable bonds is 3. The van der Waals surface area contributed by atoms with E-state index in [4.69, 9.17) is 14.2 Å². The molecule has 0 saturated carbocycles. The van der Waals surface area contributed by atoms with Crippen LogP contribution in [0.25, 0.3) is 10.9 Å². The van der Waals surface area contributed by atoms with E-state index in [1.165, 1.54) is 11.5 Å². The number of Topliss-reactive ketones (excluding diaryl/α,β-unsaturated/α-hetero) is 1. The number of amides is 2. The summed E-state index contributed by atoms with van der Waals surface area (Å²) in [5.41, 5.74) is -0.983. The van der Waals surface area contributed by atoms with Crippen molar-refractivity contribution in [2.24, 2.45) is 5.92 Å². The lowest BCUT2D eigenvalue weighted by Gasteiger charge is -2.44. The van der Waals surface area contributed by atoms with Crippen LogP contribution < -0.4 is 4.90 Å². The first-order chi connectivity index (χ1) is 20.9. The second-order valence-electron chi connectivity index (χ2n) is 13.8. The van der Waals surface area contributed by atoms with Gasteiger partial charge in [-0.1, -0.05) is 35.9 Å². The molecule has 1 aliphatic heterocycles. The Hall–Kier alpha value is -4.47. The third-order valence-electron chi connectivity index (χ3n) is 8.23. The monoisotopic (exact) mass is 616 g/mol. The van der Waals surface area contributed by atoms with E-state index in [0.29, 0.717) is 27.7 Å². The molecule has 5 rings (SSSR count). The lowest BCUT2D eigenvalue weighted by molar-refractivity contribution is -0.155. The van der Waals surface area contributed by atoms with Crippen molar-refractivity contribution in [2.75, 3.05) is 11.5 Å². The zero-order chi connectivity index (χ0) is 33.2. The molecule has 2 heterocycles. The number of imide groups is 1. The van der Waals surface area contributed by atoms with E-state index in [0.717, 1.165) is 10.5 Å². The maximum atomic E-state index is 15.1. The number of esters is 1. The van der Waals surface area contributed by atoms with Gasteiger partial charge in [-0.2, -0.15) is 0 Å². The summed E-state index contributed by atoms with van der Waals surface area (Å²) < 4.78 is 18.4. The number of carbonyl (C=O) groups excluding carboxylic acids is 5. The minimum absolute atomic E-state index is 0.0166. The van der Waals surface area contributed by atoms with Gasteiger partial charge in [0, 0.05) is 17.5 Å². The molecule has 0 N–H and O–H groups in total. The van der Waals surface area contributed by atoms with Crippen LogP contribution in [-0.4, -0.2) is 52.2 Å². The van der Waals surface area contributed by atoms with Crippen LogP contribution >= 0.6 is 0 Å². The van der Waals surface area contributed by atoms with Gasteiger partial charge in [-0.15, -0.1) is 0 Å². The van der Waals surface area contributed by atoms with E-state index < -0.39 is 58.3 Å². The summed E-state index contributed by atoms with van der Waals surface area (Å²) in [5, 5.41) is 0.568. The lowest BCUT2D eigenvalue weighted by atomic mass is 9.55. The maximum absolute atomic E-state index is 15.1. The average molecular weight is 617 g/mol. The molecule has 2 aliphatic rings. The fraction of sp³-hybridized carbons (Fsp3) is 0.457. The largest absolute Gasteiger partial charge is 0.466 e. The molecule has 1 aliphatic carbocycles. The first-order valence-electron chi connectivity index (χ1n) is 15.1. The molecule has 0 saturated heterocycles. The first-order valence-corrected chi connectivity index (χ1v) is 15.1. The van der Waals surface area contributed by atoms with Gasteiger partial charge in [-0.3, -0.25) is 14.4 Å². The normalized spacial score (nSPS) is 21.0. The average Bonchev–Trinajstić information content (AvgIpc) is 3.36. The molecule has 10 nitrogen and oxygen atoms in total. The standard InChI is InChI=1S/C35H40N2O8/c1-10-43-29(39)23-18-26-27(21-13-11-12-14-24(21)36(26)31(41)44-33(4,5)6)28(20(3)38)35(23)22-17-19(2)15-16-25(22)37(30(35)40)32(42)45-34(7,8)9/h11-17,23,28H,10,18H2,1-9H3/t23-,28+,35-/m1/s1. The number of ketones is 1. The number of aryl methyl sites for hydroxylation is 1. The summed E-state index contributed by atoms with van der Waals surface area (Å²) in [6.45, 7) is 15.2. The van der Waals surface area contributed by atoms with Crippen LogP contribution in [0.2, 0.25) is 0 Å². The summed E-state index contributed by atoms with van der Waals surface area (Å²) in [5.74, 6) is -4.42. The van der Waals surface area contributed by atoms with E-state index in [2.05, 4.69) is 0 Å². The van der Waals surface area contributed by atoms with Gasteiger partial charge in [0.1, 0.15) is 22.4 Å². The second kappa shape index (κ2) is 10.9. The molecule has 238 valence electrons. The van der Waals surface area contributed by atoms with E-state index in [1.54, 1.807) is 90.9 Å². The molecule has 0 bridgehead atoms. The Morgan fingerprint density at radius 1 is 0.933 bits per heavy atom. The van der Waals surface area contributed by atoms with Gasteiger partial charge in [-0.25, -0.2) is 19.1 Å². The Morgan fingerprint density at radius 2 is 1.56 bits per heavy atom. The van der Waals surface area contributed by atoms with E-state index in [1.807, 2.05) is 6.92 Å². The molecule has 45 heavy (non-hydrogen) atoms. The molecular weight excluding hydrogens is 576 g/mol. The predicted octanol–water partition coefficient (Wildman–Crippen LogP) is 6.36. The summed E-state index contributed by atoms with van der Waals surface area (Å²) in [6.07, 6.45) is -1.72. The van der Waals surface area contributed by atoms with Crippen molar-refractivity contribution in [3.05, 3.63) is 64.8 Å². The fourth-order valence-corrected chi connectivity index (χ4v) is 6.87. The van der Waals surface area contributed by atoms with Crippen molar-refractivity contribution in [3.63, 3.8) is 0 Å². The Morgan fingerprint density at radius 3 is 2.16 bits per heavy atom. The summed E-state index contributed by atoms with van der Waals surface area (Å²) in [4.78, 5) is 71.6. The molecule has 2 aromatic carbocycles. The Kier molecular flexibility index (Phi) is 7.70. The lowest BCUT2D eigenvalue weighted by Crippen LogP contribution is -2.58. The number of ether oxygens (including phenoxy) is 3. The van der Waals surface area contributed by atoms with E-state index >= 15 is 4.79 Å². The van der Waals surface area contributed by atoms with Gasteiger partial charge in [-0.05, 0) is 85.6 Å². The van der Waals surface area contributed by atoms with Crippen molar-refractivity contribution >= 4 is 46.4 Å². The predicted molar refractivity (Wildman–Crippen MR) is 167 cm³/mol. The first kappa shape index (κ1) is 31.9. The molecule has 10 heteroatoms. The molecule has 0 unspecified atom stereocenters. The number of aromatic nitrogens is 1. The molecular formula is C35H40N2O8. The summed E-state index contributed by atoms with van der Waals surface area (Å²) in [6, 6.07) is 12.2. The molecule has 1 aromatic heterocycles. The fourth-order valence-electron chi connectivity index (χ4n) is 6.87. The zero-order valence-electron chi connectivity index (χ0n) is 27.3. The SMILES string of the molecule is CCOC(=O)[C@H]1Cc2c(c3ccccc3n2C(=O)OC(C)(C)C)[C@H](C(C)=O)[C@]12C(=O)N(C(=O)OC(C)(C)C)c1ccc(C)cc12. The van der Waals surface area contributed by atoms with Crippen molar-refractivity contribution in [3.8, 4) is 0 Å². The van der Waals surface area contributed by atoms with Crippen LogP contribution in [0, 0.1) is 12.8 Å². The highest BCUT2D eigenvalue weighted by Crippen LogP contribution is 2.60. The highest BCUT2D eigenvalue weighted by molar-refractivity contribution is 6.24. The Bertz CT molecular complexity index is 1760. The van der Waals surface area contributed by atoms with Crippen LogP contribution in [0.3, 0.4) is 0 Å². The quantitative estimate of drug-likeness (QED) is 0.246. The van der Waals surface area contributed by atoms with Crippen LogP contribution in [0.15, 0.2) is 42.5 Å². The molecule has 1 spiro atoms. The minimum atomic E-state index is -1.87. The highest BCUT2D eigenvalue weighted by atomic mass is 16.6. The third-order valence-corrected chi connectivity index (χ3v) is 8.23. The van der Waals surface area contributed by atoms with E-state index in [9.17, 15) is 19.2 Å². The van der Waals surface area contributed by atoms with Gasteiger partial charge >= 0.3 is 18.2 Å². The van der Waals surface area contributed by atoms with Gasteiger partial charge in [0.05, 0.1) is 29.6 Å². The van der Waals surface area contributed by atoms with E-state index in [-0.39, 0.29) is 18.7 Å². The number of benzene rings is 2. The van der Waals surface area contributed by atoms with Gasteiger partial charge < -0.3 is 14.2 Å². The molecule has 3 atom stereocenters. The number of anilines is 1. The van der Waals surface area contributed by atoms with Crippen LogP contribution in [-0.2, 0) is 40.4 Å². The number of nitrogens with zero attached hydrogens (tertiary/aromatic N) is 2. The molecule has 2 amide bonds. The second-order valence-corrected chi connectivity index (χ2v) is 13.8. The topological polar surface area (TPSA) is 121 Å². The van der Waals surface area contributed by atoms with Crippen molar-refractivity contribution in [1.82, 2.24) is 4.57 Å². The maximum Gasteiger partial charge on any atom is 0.421 e. The number of carbonyl (C=O) groups is 5. The molecule has 0 radical (unpaired) electrons. The van der Waals surface area contributed by atoms with Crippen molar-refractivity contribution in [2.45, 2.75) is 91.3 Å². The summed E-state index contributed by atoms with van der Waals surface area (Å²) in [7, 11) is 0. The Balaban J connectivity index is 1.90. The Labute approximate surface area is 262 Å². The molecule has 0 fully saturated rings. The number of para-hydroxylation sites is 1. The third kappa shape index (κ3) is 5.10. The van der Waals surface area contributed by atoms with Crippen LogP contribution in [0.1, 0.15) is 83.7 Å². The smallest absolute Gasteiger partial charge is 0.421 e.